The Labute approximate surface area is 260 Å². The van der Waals surface area contributed by atoms with Crippen LogP contribution in [0.5, 0.6) is 0 Å². The Morgan fingerprint density at radius 2 is 0.727 bits per heavy atom. The summed E-state index contributed by atoms with van der Waals surface area (Å²) in [5, 5.41) is 0. The number of phosphoric acid groups is 1. The van der Waals surface area contributed by atoms with Crippen LogP contribution in [0.2, 0.25) is 0 Å². The van der Waals surface area contributed by atoms with Crippen molar-refractivity contribution in [2.45, 2.75) is 0 Å². The van der Waals surface area contributed by atoms with Gasteiger partial charge in [-0.3, -0.25) is 0 Å². The molecule has 0 aliphatic rings. The molecule has 0 saturated carbocycles. The zero-order valence-electron chi connectivity index (χ0n) is 8.08. The summed E-state index contributed by atoms with van der Waals surface area (Å²) in [7, 11) is -5.39. The largest absolute Gasteiger partial charge is 1.00 e. The molecule has 0 heterocycles. The van der Waals surface area contributed by atoms with Crippen LogP contribution in [0.4, 0.5) is 0 Å². The quantitative estimate of drug-likeness (QED) is 0.326. The Hall–Kier alpha value is 8.02. The van der Waals surface area contributed by atoms with Gasteiger partial charge in [-0.05, 0) is 0 Å². The maximum absolute atomic E-state index is 8.55. The van der Waals surface area contributed by atoms with Crippen molar-refractivity contribution >= 4 is 96.5 Å². The Balaban J connectivity index is -0.00000000533. The topological polar surface area (TPSA) is 86.2 Å². The zero-order valence-corrected chi connectivity index (χ0v) is 24.3. The Morgan fingerprint density at radius 3 is 0.727 bits per heavy atom. The minimum absolute atomic E-state index is 0. The molecule has 11 heteroatoms. The molecule has 0 aromatic carbocycles. The average molecular weight is 281 g/mol. The van der Waals surface area contributed by atoms with Crippen molar-refractivity contribution in [2.75, 3.05) is 0 Å². The fourth-order valence-electron chi connectivity index (χ4n) is 0. The van der Waals surface area contributed by atoms with Gasteiger partial charge >= 0.3 is 154 Å². The second kappa shape index (κ2) is 26.6. The van der Waals surface area contributed by atoms with E-state index in [0.717, 1.165) is 0 Å². The van der Waals surface area contributed by atoms with Gasteiger partial charge < -0.3 is 19.2 Å². The van der Waals surface area contributed by atoms with E-state index < -0.39 is 7.82 Å². The standard InChI is InChI=1S/3K.3Na.H3O4P/c;;;;;;1-5(2,3)4/h;;;;;;(H3,1,2,3,4)/q3*+1;;;;/p-3. The van der Waals surface area contributed by atoms with E-state index in [1.165, 1.54) is 0 Å². The molecular weight excluding hydrogens is 281 g/mol. The third kappa shape index (κ3) is 71.9. The first kappa shape index (κ1) is 42.7. The van der Waals surface area contributed by atoms with Crippen molar-refractivity contribution in [1.29, 1.82) is 0 Å². The molecule has 0 aliphatic heterocycles. The molecule has 4 nitrogen and oxygen atoms in total. The van der Waals surface area contributed by atoms with Crippen LogP contribution < -0.4 is 169 Å². The van der Waals surface area contributed by atoms with E-state index in [2.05, 4.69) is 0 Å². The van der Waals surface area contributed by atoms with Crippen LogP contribution in [-0.2, 0) is 4.57 Å². The summed E-state index contributed by atoms with van der Waals surface area (Å²) >= 11 is 0. The van der Waals surface area contributed by atoms with Gasteiger partial charge in [0.15, 0.2) is 0 Å². The second-order valence-electron chi connectivity index (χ2n) is 0.447. The molecule has 0 N–H and O–H groups in total. The van der Waals surface area contributed by atoms with E-state index in [9.17, 15) is 0 Å². The van der Waals surface area contributed by atoms with Gasteiger partial charge in [0.25, 0.3) is 0 Å². The molecular formula is K3Na3O4P. The van der Waals surface area contributed by atoms with Gasteiger partial charge in [0.05, 0.1) is 0 Å². The van der Waals surface area contributed by atoms with E-state index in [1.54, 1.807) is 0 Å². The van der Waals surface area contributed by atoms with Crippen LogP contribution in [0.25, 0.3) is 0 Å². The zero-order chi connectivity index (χ0) is 4.50. The first-order chi connectivity index (χ1) is 2.00. The van der Waals surface area contributed by atoms with Crippen molar-refractivity contribution in [3.63, 3.8) is 0 Å². The van der Waals surface area contributed by atoms with Crippen LogP contribution in [0, 0.1) is 0 Å². The summed E-state index contributed by atoms with van der Waals surface area (Å²) in [4.78, 5) is 25.6. The van der Waals surface area contributed by atoms with Crippen LogP contribution in [-0.4, -0.2) is 88.7 Å². The fraction of sp³-hybridized carbons (Fsp3) is 0. The number of rotatable bonds is 0. The molecule has 0 aliphatic carbocycles. The van der Waals surface area contributed by atoms with Crippen LogP contribution in [0.15, 0.2) is 0 Å². The van der Waals surface area contributed by atoms with Crippen molar-refractivity contribution < 1.29 is 173 Å². The molecule has 35 valence electrons. The molecule has 0 rings (SSSR count). The Kier molecular flexibility index (Phi) is 103. The van der Waals surface area contributed by atoms with E-state index in [-0.39, 0.29) is 243 Å². The fourth-order valence-corrected chi connectivity index (χ4v) is 0. The summed E-state index contributed by atoms with van der Waals surface area (Å²) in [5.41, 5.74) is 0. The second-order valence-corrected chi connectivity index (χ2v) is 1.34. The number of hydrogen-bond donors (Lipinski definition) is 0. The molecule has 0 atom stereocenters. The third-order valence-electron chi connectivity index (χ3n) is 0. The van der Waals surface area contributed by atoms with E-state index in [4.69, 9.17) is 19.2 Å². The smallest absolute Gasteiger partial charge is 0.822 e. The molecule has 11 heavy (non-hydrogen) atoms. The van der Waals surface area contributed by atoms with Gasteiger partial charge in [-0.25, -0.2) is 0 Å². The van der Waals surface area contributed by atoms with Crippen molar-refractivity contribution in [2.24, 2.45) is 0 Å². The van der Waals surface area contributed by atoms with Crippen molar-refractivity contribution in [3.8, 4) is 0 Å². The molecule has 0 spiro atoms. The molecule has 0 saturated heterocycles. The average Bonchev–Trinajstić information content (AvgIpc) is 0.722. The Bertz CT molecular complexity index is 66.7. The van der Waals surface area contributed by atoms with Gasteiger partial charge in [0.2, 0.25) is 0 Å². The third-order valence-corrected chi connectivity index (χ3v) is 0. The summed E-state index contributed by atoms with van der Waals surface area (Å²) in [5.74, 6) is 0. The summed E-state index contributed by atoms with van der Waals surface area (Å²) in [6.07, 6.45) is 0. The van der Waals surface area contributed by atoms with E-state index in [1.807, 2.05) is 0 Å². The molecule has 0 aromatic rings. The van der Waals surface area contributed by atoms with Crippen molar-refractivity contribution in [3.05, 3.63) is 0 Å². The predicted octanol–water partition coefficient (Wildman–Crippen LogP) is -13.0. The van der Waals surface area contributed by atoms with Gasteiger partial charge in [-0.15, -0.1) is 0 Å². The summed E-state index contributed by atoms with van der Waals surface area (Å²) in [6, 6.07) is 0. The molecule has 0 bridgehead atoms. The van der Waals surface area contributed by atoms with Crippen LogP contribution in [0.1, 0.15) is 0 Å². The van der Waals surface area contributed by atoms with E-state index in [0.29, 0.717) is 0 Å². The van der Waals surface area contributed by atoms with Crippen LogP contribution >= 0.6 is 7.82 Å². The first-order valence-corrected chi connectivity index (χ1v) is 2.19. The van der Waals surface area contributed by atoms with Crippen LogP contribution in [0.3, 0.4) is 0 Å². The van der Waals surface area contributed by atoms with Gasteiger partial charge in [-0.2, -0.15) is 7.82 Å². The normalized spacial score (nSPS) is 5.36. The molecule has 0 aromatic heterocycles. The maximum Gasteiger partial charge on any atom is 1.00 e. The summed E-state index contributed by atoms with van der Waals surface area (Å²) in [6.45, 7) is 0. The van der Waals surface area contributed by atoms with E-state index >= 15 is 0 Å². The molecule has 0 fully saturated rings. The predicted molar refractivity (Wildman–Crippen MR) is 24.9 cm³/mol. The van der Waals surface area contributed by atoms with Gasteiger partial charge in [-0.1, -0.05) is 0 Å². The minimum atomic E-state index is -5.39. The maximum atomic E-state index is 8.55. The monoisotopic (exact) mass is 281 g/mol. The minimum Gasteiger partial charge on any atom is -0.822 e. The first-order valence-electron chi connectivity index (χ1n) is 0.730. The van der Waals surface area contributed by atoms with Crippen molar-refractivity contribution in [1.82, 2.24) is 0 Å². The molecule has 3 radical (unpaired) electrons. The van der Waals surface area contributed by atoms with Gasteiger partial charge in [0.1, 0.15) is 0 Å². The molecule has 0 unspecified atom stereocenters. The SMILES string of the molecule is O=P([O-])([O-])[O-].[K+].[K+].[K+].[Na].[Na].[Na]. The number of hydrogen-bond acceptors (Lipinski definition) is 4. The van der Waals surface area contributed by atoms with Gasteiger partial charge in [0, 0.05) is 88.7 Å². The molecule has 0 amide bonds. The summed E-state index contributed by atoms with van der Waals surface area (Å²) < 4.78 is 8.55. The Morgan fingerprint density at radius 1 is 0.727 bits per heavy atom.